The van der Waals surface area contributed by atoms with E-state index in [9.17, 15) is 9.90 Å². The van der Waals surface area contributed by atoms with Crippen molar-refractivity contribution in [3.05, 3.63) is 38.9 Å². The first-order valence-electron chi connectivity index (χ1n) is 9.37. The number of aliphatic hydroxyl groups excluding tert-OH is 1. The minimum atomic E-state index is 0.0174. The summed E-state index contributed by atoms with van der Waals surface area (Å²) in [6.45, 7) is 7.36. The fraction of sp³-hybridized carbons (Fsp3) is 0.579. The van der Waals surface area contributed by atoms with Crippen LogP contribution in [-0.4, -0.2) is 51.8 Å². The van der Waals surface area contributed by atoms with Gasteiger partial charge in [0.25, 0.3) is 5.56 Å². The Morgan fingerprint density at radius 2 is 2.23 bits per heavy atom. The second-order valence-corrected chi connectivity index (χ2v) is 7.73. The molecular formula is C19H27BrN4O2. The van der Waals surface area contributed by atoms with Crippen molar-refractivity contribution in [2.45, 2.75) is 45.3 Å². The molecule has 0 bridgehead atoms. The first-order valence-corrected chi connectivity index (χ1v) is 10.2. The molecule has 0 aliphatic carbocycles. The topological polar surface area (TPSA) is 70.4 Å². The minimum Gasteiger partial charge on any atom is -0.395 e. The molecule has 0 amide bonds. The molecule has 2 heterocycles. The fourth-order valence-electron chi connectivity index (χ4n) is 3.78. The molecule has 0 unspecified atom stereocenters. The maximum atomic E-state index is 13.1. The number of hydrogen-bond acceptors (Lipinski definition) is 5. The van der Waals surface area contributed by atoms with E-state index in [0.717, 1.165) is 48.3 Å². The van der Waals surface area contributed by atoms with Gasteiger partial charge in [0, 0.05) is 36.7 Å². The summed E-state index contributed by atoms with van der Waals surface area (Å²) in [6, 6.07) is 5.83. The second kappa shape index (κ2) is 8.61. The molecule has 0 saturated carbocycles. The SMILES string of the molecule is CCC[C@H](c1nc2ccc(Br)cc2c(=O)n1CC)N1CCN[C@@H](CO)C1. The molecule has 1 aliphatic rings. The fourth-order valence-corrected chi connectivity index (χ4v) is 4.14. The molecule has 7 heteroatoms. The summed E-state index contributed by atoms with van der Waals surface area (Å²) in [7, 11) is 0. The first kappa shape index (κ1) is 19.5. The van der Waals surface area contributed by atoms with Gasteiger partial charge in [0.15, 0.2) is 0 Å². The lowest BCUT2D eigenvalue weighted by atomic mass is 10.1. The zero-order valence-corrected chi connectivity index (χ0v) is 17.0. The van der Waals surface area contributed by atoms with E-state index < -0.39 is 0 Å². The van der Waals surface area contributed by atoms with Crippen LogP contribution in [0.3, 0.4) is 0 Å². The third-order valence-corrected chi connectivity index (χ3v) is 5.56. The van der Waals surface area contributed by atoms with Crippen LogP contribution >= 0.6 is 15.9 Å². The minimum absolute atomic E-state index is 0.0174. The summed E-state index contributed by atoms with van der Waals surface area (Å²) in [5.41, 5.74) is 0.761. The normalized spacial score (nSPS) is 19.8. The lowest BCUT2D eigenvalue weighted by molar-refractivity contribution is 0.101. The van der Waals surface area contributed by atoms with Crippen LogP contribution in [0, 0.1) is 0 Å². The highest BCUT2D eigenvalue weighted by atomic mass is 79.9. The van der Waals surface area contributed by atoms with Gasteiger partial charge in [0.1, 0.15) is 5.82 Å². The summed E-state index contributed by atoms with van der Waals surface area (Å²) < 4.78 is 2.70. The number of nitrogens with one attached hydrogen (secondary N) is 1. The van der Waals surface area contributed by atoms with Crippen LogP contribution in [0.2, 0.25) is 0 Å². The van der Waals surface area contributed by atoms with Crippen molar-refractivity contribution >= 4 is 26.8 Å². The van der Waals surface area contributed by atoms with E-state index in [2.05, 4.69) is 33.1 Å². The monoisotopic (exact) mass is 422 g/mol. The molecule has 6 nitrogen and oxygen atoms in total. The number of piperazine rings is 1. The summed E-state index contributed by atoms with van der Waals surface area (Å²) in [6.07, 6.45) is 1.95. The molecule has 26 heavy (non-hydrogen) atoms. The highest BCUT2D eigenvalue weighted by Gasteiger charge is 2.29. The predicted molar refractivity (Wildman–Crippen MR) is 107 cm³/mol. The van der Waals surface area contributed by atoms with Gasteiger partial charge in [-0.15, -0.1) is 0 Å². The molecule has 2 N–H and O–H groups in total. The Bertz CT molecular complexity index is 823. The third-order valence-electron chi connectivity index (χ3n) is 5.07. The van der Waals surface area contributed by atoms with Crippen molar-refractivity contribution in [2.75, 3.05) is 26.2 Å². The van der Waals surface area contributed by atoms with Crippen LogP contribution in [0.5, 0.6) is 0 Å². The van der Waals surface area contributed by atoms with Gasteiger partial charge in [-0.1, -0.05) is 29.3 Å². The second-order valence-electron chi connectivity index (χ2n) is 6.81. The summed E-state index contributed by atoms with van der Waals surface area (Å²) in [5, 5.41) is 13.5. The maximum absolute atomic E-state index is 13.1. The van der Waals surface area contributed by atoms with Gasteiger partial charge < -0.3 is 10.4 Å². The van der Waals surface area contributed by atoms with Crippen molar-refractivity contribution in [1.29, 1.82) is 0 Å². The van der Waals surface area contributed by atoms with Gasteiger partial charge in [0.05, 0.1) is 23.6 Å². The number of halogens is 1. The average molecular weight is 423 g/mol. The molecule has 1 saturated heterocycles. The summed E-state index contributed by atoms with van der Waals surface area (Å²) >= 11 is 3.45. The van der Waals surface area contributed by atoms with Crippen LogP contribution in [-0.2, 0) is 6.54 Å². The lowest BCUT2D eigenvalue weighted by Gasteiger charge is -2.38. The van der Waals surface area contributed by atoms with Crippen molar-refractivity contribution in [2.24, 2.45) is 0 Å². The van der Waals surface area contributed by atoms with Crippen molar-refractivity contribution < 1.29 is 5.11 Å². The van der Waals surface area contributed by atoms with E-state index in [1.807, 2.05) is 29.7 Å². The molecule has 1 aromatic carbocycles. The van der Waals surface area contributed by atoms with Crippen LogP contribution in [0.15, 0.2) is 27.5 Å². The van der Waals surface area contributed by atoms with E-state index in [-0.39, 0.29) is 24.2 Å². The average Bonchev–Trinajstić information content (AvgIpc) is 2.66. The number of aromatic nitrogens is 2. The number of nitrogens with zero attached hydrogens (tertiary/aromatic N) is 3. The third kappa shape index (κ3) is 3.86. The molecule has 0 spiro atoms. The van der Waals surface area contributed by atoms with E-state index >= 15 is 0 Å². The number of aliphatic hydroxyl groups is 1. The molecular weight excluding hydrogens is 396 g/mol. The van der Waals surface area contributed by atoms with Crippen molar-refractivity contribution in [3.63, 3.8) is 0 Å². The van der Waals surface area contributed by atoms with Gasteiger partial charge >= 0.3 is 0 Å². The van der Waals surface area contributed by atoms with Gasteiger partial charge in [-0.05, 0) is 31.5 Å². The van der Waals surface area contributed by atoms with E-state index in [1.165, 1.54) is 0 Å². The molecule has 1 aromatic heterocycles. The number of rotatable bonds is 6. The quantitative estimate of drug-likeness (QED) is 0.746. The highest BCUT2D eigenvalue weighted by Crippen LogP contribution is 2.27. The Morgan fingerprint density at radius 3 is 2.92 bits per heavy atom. The van der Waals surface area contributed by atoms with E-state index in [1.54, 1.807) is 0 Å². The number of hydrogen-bond donors (Lipinski definition) is 2. The molecule has 2 aromatic rings. The van der Waals surface area contributed by atoms with Crippen molar-refractivity contribution in [3.8, 4) is 0 Å². The maximum Gasteiger partial charge on any atom is 0.261 e. The van der Waals surface area contributed by atoms with E-state index in [4.69, 9.17) is 4.98 Å². The summed E-state index contributed by atoms with van der Waals surface area (Å²) in [5.74, 6) is 0.841. The van der Waals surface area contributed by atoms with Crippen LogP contribution in [0.25, 0.3) is 10.9 Å². The first-order chi connectivity index (χ1) is 12.6. The Morgan fingerprint density at radius 1 is 1.42 bits per heavy atom. The van der Waals surface area contributed by atoms with Crippen LogP contribution in [0.1, 0.15) is 38.6 Å². The Labute approximate surface area is 162 Å². The number of benzene rings is 1. The molecule has 0 radical (unpaired) electrons. The Balaban J connectivity index is 2.10. The van der Waals surface area contributed by atoms with Crippen LogP contribution in [0.4, 0.5) is 0 Å². The molecule has 1 aliphatic heterocycles. The molecule has 3 rings (SSSR count). The van der Waals surface area contributed by atoms with Gasteiger partial charge in [-0.3, -0.25) is 14.3 Å². The summed E-state index contributed by atoms with van der Waals surface area (Å²) in [4.78, 5) is 20.3. The smallest absolute Gasteiger partial charge is 0.261 e. The van der Waals surface area contributed by atoms with Gasteiger partial charge in [0.2, 0.25) is 0 Å². The van der Waals surface area contributed by atoms with Crippen molar-refractivity contribution in [1.82, 2.24) is 19.8 Å². The largest absolute Gasteiger partial charge is 0.395 e. The van der Waals surface area contributed by atoms with Gasteiger partial charge in [-0.2, -0.15) is 0 Å². The van der Waals surface area contributed by atoms with E-state index in [0.29, 0.717) is 11.9 Å². The number of fused-ring (bicyclic) bond motifs is 1. The Kier molecular flexibility index (Phi) is 6.45. The predicted octanol–water partition coefficient (Wildman–Crippen LogP) is 2.29. The Hall–Kier alpha value is -1.28. The van der Waals surface area contributed by atoms with Gasteiger partial charge in [-0.25, -0.2) is 4.98 Å². The van der Waals surface area contributed by atoms with Crippen LogP contribution < -0.4 is 10.9 Å². The zero-order chi connectivity index (χ0) is 18.7. The molecule has 142 valence electrons. The zero-order valence-electron chi connectivity index (χ0n) is 15.4. The highest BCUT2D eigenvalue weighted by molar-refractivity contribution is 9.10. The molecule has 1 fully saturated rings. The molecule has 2 atom stereocenters. The standard InChI is InChI=1S/C19H27BrN4O2/c1-3-5-17(23-9-8-21-14(11-23)12-25)18-22-16-7-6-13(20)10-15(16)19(26)24(18)4-2/h6-7,10,14,17,21,25H,3-5,8-9,11-12H2,1-2H3/t14-,17-/m1/s1. The lowest BCUT2D eigenvalue weighted by Crippen LogP contribution is -2.53.